The van der Waals surface area contributed by atoms with Gasteiger partial charge in [-0.1, -0.05) is 39.0 Å². The van der Waals surface area contributed by atoms with E-state index < -0.39 is 42.5 Å². The van der Waals surface area contributed by atoms with Crippen LogP contribution < -0.4 is 10.6 Å². The molecular formula is C23H31N3O5. The Bertz CT molecular complexity index is 906. The molecule has 1 spiro atoms. The molecule has 168 valence electrons. The van der Waals surface area contributed by atoms with Gasteiger partial charge in [0.25, 0.3) is 11.8 Å². The second-order valence-electron chi connectivity index (χ2n) is 9.73. The van der Waals surface area contributed by atoms with Crippen LogP contribution in [0, 0.1) is 25.2 Å². The van der Waals surface area contributed by atoms with Gasteiger partial charge in [-0.15, -0.1) is 0 Å². The van der Waals surface area contributed by atoms with Crippen molar-refractivity contribution in [3.63, 3.8) is 0 Å². The van der Waals surface area contributed by atoms with Gasteiger partial charge < -0.3 is 15.4 Å². The van der Waals surface area contributed by atoms with Crippen molar-refractivity contribution in [3.05, 3.63) is 29.3 Å². The van der Waals surface area contributed by atoms with Crippen LogP contribution in [0.2, 0.25) is 0 Å². The van der Waals surface area contributed by atoms with Crippen LogP contribution in [0.3, 0.4) is 0 Å². The minimum atomic E-state index is -0.974. The summed E-state index contributed by atoms with van der Waals surface area (Å²) >= 11 is 0. The van der Waals surface area contributed by atoms with Crippen LogP contribution >= 0.6 is 0 Å². The number of esters is 1. The van der Waals surface area contributed by atoms with Crippen molar-refractivity contribution in [2.75, 3.05) is 18.5 Å². The Kier molecular flexibility index (Phi) is 6.11. The molecule has 1 heterocycles. The van der Waals surface area contributed by atoms with Gasteiger partial charge in [-0.2, -0.15) is 0 Å². The Labute approximate surface area is 182 Å². The van der Waals surface area contributed by atoms with Gasteiger partial charge in [0, 0.05) is 5.69 Å². The number of nitrogens with zero attached hydrogens (tertiary/aromatic N) is 1. The number of carbonyl (C=O) groups excluding carboxylic acids is 4. The zero-order chi connectivity index (χ0) is 23.0. The maximum atomic E-state index is 13.1. The minimum Gasteiger partial charge on any atom is -0.454 e. The number of carbonyl (C=O) groups is 4. The average Bonchev–Trinajstić information content (AvgIpc) is 2.85. The Morgan fingerprint density at radius 3 is 2.45 bits per heavy atom. The largest absolute Gasteiger partial charge is 0.454 e. The lowest BCUT2D eigenvalue weighted by atomic mass is 9.64. The van der Waals surface area contributed by atoms with Crippen molar-refractivity contribution in [2.24, 2.45) is 11.3 Å². The summed E-state index contributed by atoms with van der Waals surface area (Å²) in [4.78, 5) is 50.9. The molecule has 1 aliphatic carbocycles. The van der Waals surface area contributed by atoms with Crippen LogP contribution in [-0.2, 0) is 19.1 Å². The highest BCUT2D eigenvalue weighted by molar-refractivity contribution is 6.09. The topological polar surface area (TPSA) is 105 Å². The number of hydrogen-bond acceptors (Lipinski definition) is 5. The monoisotopic (exact) mass is 429 g/mol. The number of benzene rings is 1. The van der Waals surface area contributed by atoms with Crippen molar-refractivity contribution in [1.29, 1.82) is 0 Å². The molecule has 2 fully saturated rings. The van der Waals surface area contributed by atoms with Crippen molar-refractivity contribution in [2.45, 2.75) is 59.4 Å². The number of anilines is 1. The molecule has 2 atom stereocenters. The molecule has 4 amide bonds. The maximum absolute atomic E-state index is 13.1. The third-order valence-corrected chi connectivity index (χ3v) is 6.02. The SMILES string of the molecule is Cc1cccc(C)c1NC(=O)COC(=O)CN1C(=O)N[C@]2(C[C@@H](C)CC(C)(C)C2)C1=O. The van der Waals surface area contributed by atoms with E-state index in [0.29, 0.717) is 18.5 Å². The Morgan fingerprint density at radius 2 is 1.84 bits per heavy atom. The molecule has 0 aromatic heterocycles. The van der Waals surface area contributed by atoms with Gasteiger partial charge in [-0.05, 0) is 55.6 Å². The second-order valence-corrected chi connectivity index (χ2v) is 9.73. The van der Waals surface area contributed by atoms with E-state index in [0.717, 1.165) is 22.4 Å². The molecule has 3 rings (SSSR count). The fraction of sp³-hybridized carbons (Fsp3) is 0.565. The summed E-state index contributed by atoms with van der Waals surface area (Å²) in [6.45, 7) is 8.95. The highest BCUT2D eigenvalue weighted by atomic mass is 16.5. The fourth-order valence-corrected chi connectivity index (χ4v) is 5.16. The number of urea groups is 1. The molecule has 1 aromatic rings. The highest BCUT2D eigenvalue weighted by Crippen LogP contribution is 2.46. The predicted octanol–water partition coefficient (Wildman–Crippen LogP) is 2.92. The second kappa shape index (κ2) is 8.32. The Morgan fingerprint density at radius 1 is 1.19 bits per heavy atom. The van der Waals surface area contributed by atoms with Gasteiger partial charge in [-0.25, -0.2) is 4.79 Å². The third kappa shape index (κ3) is 4.89. The molecule has 2 aliphatic rings. The molecule has 0 radical (unpaired) electrons. The van der Waals surface area contributed by atoms with E-state index in [2.05, 4.69) is 31.4 Å². The van der Waals surface area contributed by atoms with Gasteiger partial charge in [0.1, 0.15) is 12.1 Å². The predicted molar refractivity (Wildman–Crippen MR) is 115 cm³/mol. The summed E-state index contributed by atoms with van der Waals surface area (Å²) in [7, 11) is 0. The van der Waals surface area contributed by atoms with Crippen LogP contribution in [0.25, 0.3) is 0 Å². The van der Waals surface area contributed by atoms with E-state index in [4.69, 9.17) is 4.74 Å². The Balaban J connectivity index is 1.57. The molecule has 1 saturated carbocycles. The first-order valence-electron chi connectivity index (χ1n) is 10.6. The van der Waals surface area contributed by atoms with Gasteiger partial charge in [0.2, 0.25) is 0 Å². The first-order chi connectivity index (χ1) is 14.4. The molecule has 2 N–H and O–H groups in total. The van der Waals surface area contributed by atoms with Crippen molar-refractivity contribution in [3.8, 4) is 0 Å². The van der Waals surface area contributed by atoms with Crippen LogP contribution in [0.4, 0.5) is 10.5 Å². The molecule has 31 heavy (non-hydrogen) atoms. The number of ether oxygens (including phenoxy) is 1. The molecule has 1 saturated heterocycles. The number of imide groups is 1. The van der Waals surface area contributed by atoms with Crippen LogP contribution in [0.5, 0.6) is 0 Å². The summed E-state index contributed by atoms with van der Waals surface area (Å²) in [5, 5.41) is 5.55. The third-order valence-electron chi connectivity index (χ3n) is 6.02. The molecule has 1 aromatic carbocycles. The normalized spacial score (nSPS) is 24.8. The van der Waals surface area contributed by atoms with Gasteiger partial charge >= 0.3 is 12.0 Å². The smallest absolute Gasteiger partial charge is 0.326 e. The molecule has 0 bridgehead atoms. The number of hydrogen-bond donors (Lipinski definition) is 2. The van der Waals surface area contributed by atoms with E-state index in [-0.39, 0.29) is 11.3 Å². The zero-order valence-corrected chi connectivity index (χ0v) is 18.8. The number of amides is 4. The average molecular weight is 430 g/mol. The number of nitrogens with one attached hydrogen (secondary N) is 2. The van der Waals surface area contributed by atoms with Crippen molar-refractivity contribution >= 4 is 29.5 Å². The summed E-state index contributed by atoms with van der Waals surface area (Å²) in [5.41, 5.74) is 1.40. The van der Waals surface area contributed by atoms with E-state index in [1.807, 2.05) is 32.0 Å². The lowest BCUT2D eigenvalue weighted by Gasteiger charge is -2.43. The molecule has 0 unspecified atom stereocenters. The van der Waals surface area contributed by atoms with Gasteiger partial charge in [-0.3, -0.25) is 19.3 Å². The number of rotatable bonds is 5. The Hall–Kier alpha value is -2.90. The zero-order valence-electron chi connectivity index (χ0n) is 18.8. The van der Waals surface area contributed by atoms with E-state index in [1.165, 1.54) is 0 Å². The van der Waals surface area contributed by atoms with E-state index >= 15 is 0 Å². The van der Waals surface area contributed by atoms with Gasteiger partial charge in [0.15, 0.2) is 6.61 Å². The van der Waals surface area contributed by atoms with Crippen LogP contribution in [0.1, 0.15) is 51.2 Å². The summed E-state index contributed by atoms with van der Waals surface area (Å²) in [6.07, 6.45) is 2.04. The lowest BCUT2D eigenvalue weighted by molar-refractivity contribution is -0.150. The molecule has 8 nitrogen and oxygen atoms in total. The van der Waals surface area contributed by atoms with E-state index in [1.54, 1.807) is 0 Å². The number of aryl methyl sites for hydroxylation is 2. The number of para-hydroxylation sites is 1. The first-order valence-corrected chi connectivity index (χ1v) is 10.6. The summed E-state index contributed by atoms with van der Waals surface area (Å²) in [6, 6.07) is 5.04. The minimum absolute atomic E-state index is 0.0943. The van der Waals surface area contributed by atoms with Crippen molar-refractivity contribution in [1.82, 2.24) is 10.2 Å². The summed E-state index contributed by atoms with van der Waals surface area (Å²) in [5.74, 6) is -1.41. The molecular weight excluding hydrogens is 398 g/mol. The fourth-order valence-electron chi connectivity index (χ4n) is 5.16. The van der Waals surface area contributed by atoms with E-state index in [9.17, 15) is 19.2 Å². The summed E-state index contributed by atoms with van der Waals surface area (Å²) < 4.78 is 5.03. The molecule has 1 aliphatic heterocycles. The van der Waals surface area contributed by atoms with Crippen LogP contribution in [0.15, 0.2) is 18.2 Å². The van der Waals surface area contributed by atoms with Gasteiger partial charge in [0.05, 0.1) is 0 Å². The van der Waals surface area contributed by atoms with Crippen LogP contribution in [-0.4, -0.2) is 47.4 Å². The maximum Gasteiger partial charge on any atom is 0.326 e. The van der Waals surface area contributed by atoms with Crippen molar-refractivity contribution < 1.29 is 23.9 Å². The quantitative estimate of drug-likeness (QED) is 0.553. The first kappa shape index (κ1) is 22.8. The molecule has 8 heteroatoms. The highest BCUT2D eigenvalue weighted by Gasteiger charge is 2.56. The standard InChI is InChI=1S/C23H31N3O5/c1-14-9-22(4,5)13-23(10-14)20(29)26(21(30)25-23)11-18(28)31-12-17(27)24-19-15(2)7-6-8-16(19)3/h6-8,14H,9-13H2,1-5H3,(H,24,27)(H,25,30)/t14-,23-/m0/s1. The lowest BCUT2D eigenvalue weighted by Crippen LogP contribution is -2.54.